The average Bonchev–Trinajstić information content (AvgIpc) is 3.39. The minimum absolute atomic E-state index is 0.0638. The molecule has 1 fully saturated rings. The highest BCUT2D eigenvalue weighted by atomic mass is 32.2. The molecule has 0 bridgehead atoms. The number of carbonyl (C=O) groups is 2. The number of nitrogens with zero attached hydrogens (tertiary/aromatic N) is 2. The number of amidine groups is 1. The summed E-state index contributed by atoms with van der Waals surface area (Å²) in [5.41, 5.74) is 0.457. The molecule has 1 aliphatic heterocycles. The molecule has 0 spiro atoms. The maximum atomic E-state index is 12.4. The predicted molar refractivity (Wildman–Crippen MR) is 117 cm³/mol. The maximum absolute atomic E-state index is 12.4. The minimum Gasteiger partial charge on any atom is -0.465 e. The van der Waals surface area contributed by atoms with Crippen LogP contribution >= 0.6 is 0 Å². The molecule has 1 aromatic carbocycles. The summed E-state index contributed by atoms with van der Waals surface area (Å²) in [7, 11) is -1.98. The fourth-order valence-corrected chi connectivity index (χ4v) is 4.03. The van der Waals surface area contributed by atoms with Crippen LogP contribution in [0, 0.1) is 0 Å². The van der Waals surface area contributed by atoms with Gasteiger partial charge in [-0.3, -0.25) is 9.59 Å². The van der Waals surface area contributed by atoms with Crippen molar-refractivity contribution in [1.82, 2.24) is 10.2 Å². The van der Waals surface area contributed by atoms with E-state index in [-0.39, 0.29) is 29.7 Å². The lowest BCUT2D eigenvalue weighted by Crippen LogP contribution is -2.26. The fraction of sp³-hybridized carbons (Fsp3) is 0.286. The molecular formula is C21H24N4O5S. The van der Waals surface area contributed by atoms with Crippen LogP contribution in [0.3, 0.4) is 0 Å². The molecule has 0 unspecified atom stereocenters. The van der Waals surface area contributed by atoms with Gasteiger partial charge in [-0.2, -0.15) is 8.42 Å². The molecule has 2 heterocycles. The van der Waals surface area contributed by atoms with Crippen molar-refractivity contribution >= 4 is 39.4 Å². The second-order valence-corrected chi connectivity index (χ2v) is 8.57. The zero-order chi connectivity index (χ0) is 22.3. The van der Waals surface area contributed by atoms with Crippen LogP contribution in [0.5, 0.6) is 0 Å². The summed E-state index contributed by atoms with van der Waals surface area (Å²) in [5, 5.41) is 5.27. The summed E-state index contributed by atoms with van der Waals surface area (Å²) in [5.74, 6) is 0.463. The summed E-state index contributed by atoms with van der Waals surface area (Å²) < 4.78 is 33.9. The first kappa shape index (κ1) is 22.3. The SMILES string of the molecule is CN1CCCC1=NS(=O)(=O)c1ccc(NC(=O)CCNC(=O)C=Cc2ccco2)cc1. The number of sulfonamides is 1. The van der Waals surface area contributed by atoms with E-state index in [1.54, 1.807) is 12.1 Å². The number of benzene rings is 1. The highest BCUT2D eigenvalue weighted by Crippen LogP contribution is 2.19. The first-order valence-electron chi connectivity index (χ1n) is 9.78. The van der Waals surface area contributed by atoms with Crippen molar-refractivity contribution in [2.45, 2.75) is 24.2 Å². The summed E-state index contributed by atoms with van der Waals surface area (Å²) >= 11 is 0. The number of anilines is 1. The van der Waals surface area contributed by atoms with Crippen LogP contribution in [-0.2, 0) is 19.6 Å². The molecule has 0 atom stereocenters. The molecule has 1 aromatic heterocycles. The minimum atomic E-state index is -3.79. The monoisotopic (exact) mass is 444 g/mol. The summed E-state index contributed by atoms with van der Waals surface area (Å²) in [4.78, 5) is 25.7. The second-order valence-electron chi connectivity index (χ2n) is 6.97. The molecule has 164 valence electrons. The van der Waals surface area contributed by atoms with E-state index in [9.17, 15) is 18.0 Å². The Morgan fingerprint density at radius 3 is 2.65 bits per heavy atom. The smallest absolute Gasteiger partial charge is 0.283 e. The third kappa shape index (κ3) is 6.54. The zero-order valence-electron chi connectivity index (χ0n) is 17.1. The molecule has 10 heteroatoms. The van der Waals surface area contributed by atoms with Gasteiger partial charge in [0.15, 0.2) is 0 Å². The van der Waals surface area contributed by atoms with Gasteiger partial charge in [-0.15, -0.1) is 4.40 Å². The molecule has 3 rings (SSSR count). The van der Waals surface area contributed by atoms with Crippen LogP contribution in [0.4, 0.5) is 5.69 Å². The Hall–Kier alpha value is -3.40. The van der Waals surface area contributed by atoms with Gasteiger partial charge in [0, 0.05) is 44.7 Å². The van der Waals surface area contributed by atoms with E-state index in [0.717, 1.165) is 13.0 Å². The predicted octanol–water partition coefficient (Wildman–Crippen LogP) is 2.25. The van der Waals surface area contributed by atoms with Crippen molar-refractivity contribution in [1.29, 1.82) is 0 Å². The first-order chi connectivity index (χ1) is 14.8. The Balaban J connectivity index is 1.47. The Kier molecular flexibility index (Phi) is 7.24. The molecule has 2 aromatic rings. The van der Waals surface area contributed by atoms with Gasteiger partial charge in [0.2, 0.25) is 11.8 Å². The van der Waals surface area contributed by atoms with Crippen molar-refractivity contribution in [3.05, 3.63) is 54.5 Å². The number of nitrogens with one attached hydrogen (secondary N) is 2. The number of hydrogen-bond donors (Lipinski definition) is 2. The standard InChI is InChI=1S/C21H24N4O5S/c1-25-14-2-5-19(25)24-31(28,29)18-9-6-16(7-10-18)23-21(27)12-13-22-20(26)11-8-17-4-3-15-30-17/h3-4,6-11,15H,2,5,12-14H2,1H3,(H,22,26)(H,23,27). The average molecular weight is 445 g/mol. The number of rotatable bonds is 8. The first-order valence-corrected chi connectivity index (χ1v) is 11.2. The molecule has 0 aliphatic carbocycles. The van der Waals surface area contributed by atoms with Gasteiger partial charge in [0.25, 0.3) is 10.0 Å². The topological polar surface area (TPSA) is 121 Å². The molecule has 31 heavy (non-hydrogen) atoms. The van der Waals surface area contributed by atoms with E-state index >= 15 is 0 Å². The molecular weight excluding hydrogens is 420 g/mol. The quantitative estimate of drug-likeness (QED) is 0.603. The maximum Gasteiger partial charge on any atom is 0.283 e. The lowest BCUT2D eigenvalue weighted by atomic mass is 10.3. The number of amides is 2. The Bertz CT molecular complexity index is 1070. The van der Waals surface area contributed by atoms with Crippen LogP contribution in [0.1, 0.15) is 25.0 Å². The molecule has 2 N–H and O–H groups in total. The second kappa shape index (κ2) is 10.1. The number of carbonyl (C=O) groups excluding carboxylic acids is 2. The molecule has 1 aliphatic rings. The molecule has 2 amide bonds. The van der Waals surface area contributed by atoms with E-state index in [4.69, 9.17) is 4.42 Å². The van der Waals surface area contributed by atoms with Gasteiger partial charge in [-0.25, -0.2) is 0 Å². The summed E-state index contributed by atoms with van der Waals surface area (Å²) in [6, 6.07) is 9.26. The van der Waals surface area contributed by atoms with Gasteiger partial charge in [-0.05, 0) is 48.9 Å². The van der Waals surface area contributed by atoms with E-state index in [0.29, 0.717) is 23.7 Å². The van der Waals surface area contributed by atoms with Crippen molar-refractivity contribution < 1.29 is 22.4 Å². The number of likely N-dealkylation sites (tertiary alicyclic amines) is 1. The van der Waals surface area contributed by atoms with E-state index in [1.807, 2.05) is 11.9 Å². The molecule has 9 nitrogen and oxygen atoms in total. The third-order valence-electron chi connectivity index (χ3n) is 4.59. The molecule has 0 radical (unpaired) electrons. The van der Waals surface area contributed by atoms with Crippen LogP contribution in [0.25, 0.3) is 6.08 Å². The molecule has 1 saturated heterocycles. The molecule has 0 saturated carbocycles. The summed E-state index contributed by atoms with van der Waals surface area (Å²) in [6.45, 7) is 0.949. The van der Waals surface area contributed by atoms with Crippen molar-refractivity contribution in [3.8, 4) is 0 Å². The van der Waals surface area contributed by atoms with E-state index in [2.05, 4.69) is 15.0 Å². The Morgan fingerprint density at radius 2 is 2.00 bits per heavy atom. The van der Waals surface area contributed by atoms with Gasteiger partial charge >= 0.3 is 0 Å². The van der Waals surface area contributed by atoms with E-state index < -0.39 is 10.0 Å². The zero-order valence-corrected chi connectivity index (χ0v) is 17.9. The number of furan rings is 1. The Morgan fingerprint density at radius 1 is 1.23 bits per heavy atom. The van der Waals surface area contributed by atoms with Crippen molar-refractivity contribution in [3.63, 3.8) is 0 Å². The normalized spacial score (nSPS) is 15.5. The van der Waals surface area contributed by atoms with Crippen LogP contribution in [0.15, 0.2) is 62.4 Å². The van der Waals surface area contributed by atoms with Gasteiger partial charge in [0.1, 0.15) is 11.6 Å². The van der Waals surface area contributed by atoms with Crippen molar-refractivity contribution in [2.75, 3.05) is 25.5 Å². The lowest BCUT2D eigenvalue weighted by molar-refractivity contribution is -0.117. The highest BCUT2D eigenvalue weighted by molar-refractivity contribution is 7.90. The Labute approximate surface area is 180 Å². The lowest BCUT2D eigenvalue weighted by Gasteiger charge is -2.11. The summed E-state index contributed by atoms with van der Waals surface area (Å²) in [6.07, 6.45) is 5.95. The largest absolute Gasteiger partial charge is 0.465 e. The van der Waals surface area contributed by atoms with Crippen molar-refractivity contribution in [2.24, 2.45) is 4.40 Å². The van der Waals surface area contributed by atoms with Gasteiger partial charge in [-0.1, -0.05) is 0 Å². The van der Waals surface area contributed by atoms with Crippen LogP contribution in [0.2, 0.25) is 0 Å². The fourth-order valence-electron chi connectivity index (χ4n) is 2.94. The van der Waals surface area contributed by atoms with Crippen LogP contribution < -0.4 is 10.6 Å². The highest BCUT2D eigenvalue weighted by Gasteiger charge is 2.20. The van der Waals surface area contributed by atoms with E-state index in [1.165, 1.54) is 42.7 Å². The number of hydrogen-bond acceptors (Lipinski definition) is 5. The van der Waals surface area contributed by atoms with Crippen LogP contribution in [-0.4, -0.2) is 51.1 Å². The van der Waals surface area contributed by atoms with Gasteiger partial charge in [0.05, 0.1) is 11.2 Å². The van der Waals surface area contributed by atoms with Gasteiger partial charge < -0.3 is 20.0 Å². The third-order valence-corrected chi connectivity index (χ3v) is 5.91.